The van der Waals surface area contributed by atoms with Crippen molar-refractivity contribution in [3.05, 3.63) is 24.4 Å². The Bertz CT molecular complexity index is 674. The standard InChI is InChI=1S/C12H16N2OS.C6H12N2O2.C6H14.C3H9N.CH5N/c1-10-5-4-6-11(15)9-14(10)16-12-7-2-3-8-13-12;1-5(4-9)7-6(10)8(2)3;1-3-5-6-4-2;1-3-4-2;1-2/h2-3,7-8,10H,4-6,9H2,1H3;4-5H,1-3H3,(H,7,10);3-6H2,1-2H3;4H,3H2,1-2H3;2H2,1H3/t10-;;;;/m1..../s1. The highest BCUT2D eigenvalue weighted by molar-refractivity contribution is 7.97. The highest BCUT2D eigenvalue weighted by Crippen LogP contribution is 2.26. The Morgan fingerprint density at radius 2 is 1.82 bits per heavy atom. The normalized spacial score (nSPS) is 15.2. The topological polar surface area (TPSA) is 121 Å². The molecule has 0 aromatic carbocycles. The van der Waals surface area contributed by atoms with E-state index in [9.17, 15) is 14.4 Å². The fourth-order valence-electron chi connectivity index (χ4n) is 2.65. The van der Waals surface area contributed by atoms with Crippen molar-refractivity contribution < 1.29 is 14.4 Å². The summed E-state index contributed by atoms with van der Waals surface area (Å²) in [4.78, 5) is 38.0. The molecular formula is C28H56N6O3S. The predicted octanol–water partition coefficient (Wildman–Crippen LogP) is 4.76. The van der Waals surface area contributed by atoms with E-state index in [1.54, 1.807) is 39.2 Å². The third-order valence-electron chi connectivity index (χ3n) is 5.02. The Kier molecular flexibility index (Phi) is 31.5. The number of hydrogen-bond donors (Lipinski definition) is 3. The van der Waals surface area contributed by atoms with E-state index in [4.69, 9.17) is 0 Å². The van der Waals surface area contributed by atoms with Gasteiger partial charge in [0.25, 0.3) is 0 Å². The quantitative estimate of drug-likeness (QED) is 0.238. The highest BCUT2D eigenvalue weighted by Gasteiger charge is 2.22. The molecular weight excluding hydrogens is 500 g/mol. The van der Waals surface area contributed by atoms with Crippen LogP contribution in [-0.2, 0) is 9.59 Å². The number of carbonyl (C=O) groups is 3. The number of nitrogens with one attached hydrogen (secondary N) is 2. The van der Waals surface area contributed by atoms with Crippen LogP contribution in [-0.4, -0.2) is 85.7 Å². The number of nitrogens with two attached hydrogens (primary N) is 1. The molecule has 0 saturated carbocycles. The van der Waals surface area contributed by atoms with Crippen LogP contribution in [0.3, 0.4) is 0 Å². The predicted molar refractivity (Wildman–Crippen MR) is 162 cm³/mol. The van der Waals surface area contributed by atoms with E-state index in [-0.39, 0.29) is 6.03 Å². The molecule has 4 N–H and O–H groups in total. The summed E-state index contributed by atoms with van der Waals surface area (Å²) in [6.45, 7) is 11.9. The second-order valence-electron chi connectivity index (χ2n) is 8.80. The monoisotopic (exact) mass is 556 g/mol. The van der Waals surface area contributed by atoms with E-state index < -0.39 is 6.04 Å². The van der Waals surface area contributed by atoms with Gasteiger partial charge in [-0.2, -0.15) is 0 Å². The molecule has 1 aliphatic heterocycles. The van der Waals surface area contributed by atoms with Gasteiger partial charge in [0, 0.05) is 32.8 Å². The zero-order valence-electron chi connectivity index (χ0n) is 25.5. The minimum absolute atomic E-state index is 0.250. The van der Waals surface area contributed by atoms with E-state index in [0.29, 0.717) is 24.7 Å². The first-order chi connectivity index (χ1) is 18.2. The van der Waals surface area contributed by atoms with Gasteiger partial charge >= 0.3 is 6.03 Å². The van der Waals surface area contributed by atoms with E-state index >= 15 is 0 Å². The van der Waals surface area contributed by atoms with Gasteiger partial charge < -0.3 is 26.1 Å². The molecule has 1 aliphatic rings. The zero-order chi connectivity index (χ0) is 29.8. The van der Waals surface area contributed by atoms with Gasteiger partial charge in [-0.1, -0.05) is 52.5 Å². The molecule has 2 atom stereocenters. The van der Waals surface area contributed by atoms with E-state index in [1.807, 2.05) is 25.2 Å². The van der Waals surface area contributed by atoms with Crippen LogP contribution >= 0.6 is 11.9 Å². The lowest BCUT2D eigenvalue weighted by molar-refractivity contribution is -0.118. The number of urea groups is 1. The van der Waals surface area contributed by atoms with Crippen LogP contribution < -0.4 is 16.4 Å². The van der Waals surface area contributed by atoms with Gasteiger partial charge in [-0.15, -0.1) is 0 Å². The van der Waals surface area contributed by atoms with Crippen molar-refractivity contribution in [1.29, 1.82) is 0 Å². The molecule has 1 aromatic heterocycles. The van der Waals surface area contributed by atoms with Gasteiger partial charge in [-0.05, 0) is 71.4 Å². The number of aromatic nitrogens is 1. The minimum atomic E-state index is -0.408. The number of amides is 2. The maximum atomic E-state index is 11.6. The first kappa shape index (κ1) is 40.5. The summed E-state index contributed by atoms with van der Waals surface area (Å²) >= 11 is 1.59. The lowest BCUT2D eigenvalue weighted by Crippen LogP contribution is -2.40. The Morgan fingerprint density at radius 3 is 2.24 bits per heavy atom. The minimum Gasteiger partial charge on any atom is -0.333 e. The van der Waals surface area contributed by atoms with Crippen molar-refractivity contribution in [1.82, 2.24) is 24.8 Å². The van der Waals surface area contributed by atoms with Gasteiger partial charge in [-0.3, -0.25) is 4.79 Å². The van der Waals surface area contributed by atoms with Crippen LogP contribution in [0.15, 0.2) is 29.4 Å². The van der Waals surface area contributed by atoms with Crippen molar-refractivity contribution in [2.24, 2.45) is 5.73 Å². The Labute approximate surface area is 237 Å². The lowest BCUT2D eigenvalue weighted by Gasteiger charge is -2.23. The van der Waals surface area contributed by atoms with Crippen LogP contribution in [0.2, 0.25) is 0 Å². The number of unbranched alkanes of at least 4 members (excludes halogenated alkanes) is 3. The third kappa shape index (κ3) is 25.6. The number of Topliss-reactive ketones (excluding diaryl/α,β-unsaturated/α-hetero) is 1. The smallest absolute Gasteiger partial charge is 0.317 e. The molecule has 10 heteroatoms. The van der Waals surface area contributed by atoms with Crippen molar-refractivity contribution in [3.63, 3.8) is 0 Å². The zero-order valence-corrected chi connectivity index (χ0v) is 26.3. The highest BCUT2D eigenvalue weighted by atomic mass is 32.2. The first-order valence-electron chi connectivity index (χ1n) is 13.7. The van der Waals surface area contributed by atoms with Gasteiger partial charge in [0.15, 0.2) is 0 Å². The molecule has 1 saturated heterocycles. The van der Waals surface area contributed by atoms with Crippen molar-refractivity contribution in [2.45, 2.75) is 96.7 Å². The van der Waals surface area contributed by atoms with Crippen LogP contribution in [0.4, 0.5) is 4.79 Å². The number of aldehydes is 1. The molecule has 222 valence electrons. The maximum absolute atomic E-state index is 11.6. The molecule has 2 amide bonds. The largest absolute Gasteiger partial charge is 0.333 e. The van der Waals surface area contributed by atoms with Crippen molar-refractivity contribution in [2.75, 3.05) is 41.3 Å². The van der Waals surface area contributed by atoms with E-state index in [2.05, 4.69) is 53.4 Å². The number of nitrogens with zero attached hydrogens (tertiary/aromatic N) is 3. The van der Waals surface area contributed by atoms with Crippen LogP contribution in [0.1, 0.15) is 79.6 Å². The molecule has 38 heavy (non-hydrogen) atoms. The number of pyridine rings is 1. The fourth-order valence-corrected chi connectivity index (χ4v) is 3.63. The molecule has 9 nitrogen and oxygen atoms in total. The van der Waals surface area contributed by atoms with Gasteiger partial charge in [-0.25, -0.2) is 14.1 Å². The summed E-state index contributed by atoms with van der Waals surface area (Å²) in [6, 6.07) is 5.64. The van der Waals surface area contributed by atoms with Crippen LogP contribution in [0, 0.1) is 0 Å². The van der Waals surface area contributed by atoms with Crippen molar-refractivity contribution >= 4 is 30.0 Å². The molecule has 0 bridgehead atoms. The average Bonchev–Trinajstić information content (AvgIpc) is 3.09. The molecule has 1 unspecified atom stereocenters. The Balaban J connectivity index is -0.000000478. The molecule has 0 radical (unpaired) electrons. The third-order valence-corrected chi connectivity index (χ3v) is 6.17. The van der Waals surface area contributed by atoms with E-state index in [0.717, 1.165) is 30.8 Å². The summed E-state index contributed by atoms with van der Waals surface area (Å²) in [5.74, 6) is 0.341. The molecule has 1 aromatic rings. The lowest BCUT2D eigenvalue weighted by atomic mass is 10.1. The molecule has 1 fully saturated rings. The fraction of sp³-hybridized carbons (Fsp3) is 0.714. The number of ketones is 1. The molecule has 0 spiro atoms. The summed E-state index contributed by atoms with van der Waals surface area (Å²) in [6.07, 6.45) is 10.8. The van der Waals surface area contributed by atoms with Gasteiger partial charge in [0.2, 0.25) is 0 Å². The average molecular weight is 557 g/mol. The van der Waals surface area contributed by atoms with E-state index in [1.165, 1.54) is 37.6 Å². The van der Waals surface area contributed by atoms with Crippen LogP contribution in [0.25, 0.3) is 0 Å². The molecule has 2 heterocycles. The molecule has 2 rings (SSSR count). The summed E-state index contributed by atoms with van der Waals surface area (Å²) in [5, 5.41) is 6.34. The molecule has 0 aliphatic carbocycles. The van der Waals surface area contributed by atoms with Gasteiger partial charge in [0.05, 0.1) is 12.6 Å². The number of hydrogen-bond acceptors (Lipinski definition) is 8. The SMILES string of the molecule is CC(C=O)NC(=O)N(C)C.CCCCCC.CCNC.CN.C[C@@H]1CCCC(=O)CN1Sc1ccccn1. The number of rotatable bonds is 8. The summed E-state index contributed by atoms with van der Waals surface area (Å²) in [7, 11) is 6.67. The summed E-state index contributed by atoms with van der Waals surface area (Å²) in [5.41, 5.74) is 4.50. The summed E-state index contributed by atoms with van der Waals surface area (Å²) < 4.78 is 2.15. The second-order valence-corrected chi connectivity index (χ2v) is 9.87. The maximum Gasteiger partial charge on any atom is 0.317 e. The van der Waals surface area contributed by atoms with Gasteiger partial charge in [0.1, 0.15) is 17.1 Å². The first-order valence-corrected chi connectivity index (χ1v) is 14.5. The second kappa shape index (κ2) is 29.5. The Morgan fingerprint density at radius 1 is 1.24 bits per heavy atom. The Hall–Kier alpha value is -2.01. The van der Waals surface area contributed by atoms with Crippen molar-refractivity contribution in [3.8, 4) is 0 Å². The number of carbonyl (C=O) groups excluding carboxylic acids is 3. The van der Waals surface area contributed by atoms with Crippen LogP contribution in [0.5, 0.6) is 0 Å².